The molecule has 0 radical (unpaired) electrons. The van der Waals surface area contributed by atoms with Gasteiger partial charge in [-0.1, -0.05) is 0 Å². The molecular weight excluding hydrogens is 252 g/mol. The van der Waals surface area contributed by atoms with Crippen molar-refractivity contribution in [3.63, 3.8) is 0 Å². The van der Waals surface area contributed by atoms with Gasteiger partial charge in [0.2, 0.25) is 0 Å². The first-order chi connectivity index (χ1) is 8.70. The zero-order chi connectivity index (χ0) is 13.0. The molecule has 2 aromatic rings. The molecule has 6 nitrogen and oxygen atoms in total. The van der Waals surface area contributed by atoms with Crippen LogP contribution in [-0.2, 0) is 16.1 Å². The fourth-order valence-electron chi connectivity index (χ4n) is 1.40. The van der Waals surface area contributed by atoms with E-state index in [1.165, 1.54) is 24.8 Å². The second-order valence-electron chi connectivity index (χ2n) is 3.56. The van der Waals surface area contributed by atoms with Crippen molar-refractivity contribution in [2.45, 2.75) is 13.5 Å². The van der Waals surface area contributed by atoms with Gasteiger partial charge < -0.3 is 4.74 Å². The Labute approximate surface area is 108 Å². The SMILES string of the molecule is COC(=O)/C(=C/c1scnc1C)Cn1cncn1. The molecule has 0 aromatic carbocycles. The average molecular weight is 264 g/mol. The van der Waals surface area contributed by atoms with Crippen LogP contribution in [0.25, 0.3) is 6.08 Å². The maximum absolute atomic E-state index is 11.7. The third-order valence-corrected chi connectivity index (χ3v) is 3.21. The molecule has 94 valence electrons. The van der Waals surface area contributed by atoms with Crippen LogP contribution < -0.4 is 0 Å². The maximum atomic E-state index is 11.7. The van der Waals surface area contributed by atoms with Crippen molar-refractivity contribution >= 4 is 23.4 Å². The molecule has 2 heterocycles. The first-order valence-electron chi connectivity index (χ1n) is 5.22. The number of carbonyl (C=O) groups excluding carboxylic acids is 1. The van der Waals surface area contributed by atoms with Crippen molar-refractivity contribution in [2.24, 2.45) is 0 Å². The summed E-state index contributed by atoms with van der Waals surface area (Å²) in [5.74, 6) is -0.377. The molecule has 0 amide bonds. The molecule has 0 saturated carbocycles. The van der Waals surface area contributed by atoms with Gasteiger partial charge in [0.25, 0.3) is 0 Å². The number of aryl methyl sites for hydroxylation is 1. The number of rotatable bonds is 4. The van der Waals surface area contributed by atoms with Gasteiger partial charge in [0, 0.05) is 0 Å². The fraction of sp³-hybridized carbons (Fsp3) is 0.273. The van der Waals surface area contributed by atoms with Crippen LogP contribution in [0.5, 0.6) is 0 Å². The summed E-state index contributed by atoms with van der Waals surface area (Å²) in [4.78, 5) is 20.6. The fourth-order valence-corrected chi connectivity index (χ4v) is 2.15. The summed E-state index contributed by atoms with van der Waals surface area (Å²) in [5.41, 5.74) is 3.14. The van der Waals surface area contributed by atoms with E-state index >= 15 is 0 Å². The predicted octanol–water partition coefficient (Wildman–Crippen LogP) is 1.30. The highest BCUT2D eigenvalue weighted by molar-refractivity contribution is 7.10. The van der Waals surface area contributed by atoms with Crippen molar-refractivity contribution in [1.29, 1.82) is 0 Å². The number of nitrogens with zero attached hydrogens (tertiary/aromatic N) is 4. The van der Waals surface area contributed by atoms with E-state index in [-0.39, 0.29) is 5.97 Å². The first-order valence-corrected chi connectivity index (χ1v) is 6.10. The van der Waals surface area contributed by atoms with Crippen molar-refractivity contribution < 1.29 is 9.53 Å². The third kappa shape index (κ3) is 2.80. The Kier molecular flexibility index (Phi) is 3.83. The third-order valence-electron chi connectivity index (χ3n) is 2.33. The minimum absolute atomic E-state index is 0.323. The van der Waals surface area contributed by atoms with Crippen LogP contribution in [-0.4, -0.2) is 32.8 Å². The molecule has 7 heteroatoms. The number of ether oxygens (including phenoxy) is 1. The Morgan fingerprint density at radius 1 is 1.61 bits per heavy atom. The Bertz CT molecular complexity index is 559. The van der Waals surface area contributed by atoms with Gasteiger partial charge in [-0.2, -0.15) is 5.10 Å². The molecule has 0 saturated heterocycles. The molecule has 0 fully saturated rings. The topological polar surface area (TPSA) is 69.9 Å². The quantitative estimate of drug-likeness (QED) is 0.615. The van der Waals surface area contributed by atoms with Crippen LogP contribution >= 0.6 is 11.3 Å². The van der Waals surface area contributed by atoms with Gasteiger partial charge in [0.05, 0.1) is 35.3 Å². The summed E-state index contributed by atoms with van der Waals surface area (Å²) in [7, 11) is 1.36. The van der Waals surface area contributed by atoms with E-state index in [0.717, 1.165) is 10.6 Å². The lowest BCUT2D eigenvalue weighted by Crippen LogP contribution is -2.12. The van der Waals surface area contributed by atoms with Gasteiger partial charge in [-0.15, -0.1) is 11.3 Å². The number of aromatic nitrogens is 4. The molecule has 0 unspecified atom stereocenters. The lowest BCUT2D eigenvalue weighted by molar-refractivity contribution is -0.136. The molecule has 0 spiro atoms. The maximum Gasteiger partial charge on any atom is 0.335 e. The van der Waals surface area contributed by atoms with Gasteiger partial charge in [-0.05, 0) is 13.0 Å². The van der Waals surface area contributed by atoms with Crippen molar-refractivity contribution in [2.75, 3.05) is 7.11 Å². The molecular formula is C11H12N4O2S. The van der Waals surface area contributed by atoms with Gasteiger partial charge >= 0.3 is 5.97 Å². The number of esters is 1. The predicted molar refractivity (Wildman–Crippen MR) is 66.9 cm³/mol. The molecule has 0 aliphatic heterocycles. The highest BCUT2D eigenvalue weighted by atomic mass is 32.1. The summed E-state index contributed by atoms with van der Waals surface area (Å²) < 4.78 is 6.33. The summed E-state index contributed by atoms with van der Waals surface area (Å²) in [5, 5.41) is 3.97. The minimum Gasteiger partial charge on any atom is -0.466 e. The van der Waals surface area contributed by atoms with Gasteiger partial charge in [-0.3, -0.25) is 0 Å². The summed E-state index contributed by atoms with van der Waals surface area (Å²) in [6.07, 6.45) is 4.75. The molecule has 0 aliphatic carbocycles. The average Bonchev–Trinajstić information content (AvgIpc) is 3.00. The number of hydrogen-bond acceptors (Lipinski definition) is 6. The van der Waals surface area contributed by atoms with Gasteiger partial charge in [-0.25, -0.2) is 19.4 Å². The van der Waals surface area contributed by atoms with Gasteiger partial charge in [0.15, 0.2) is 0 Å². The van der Waals surface area contributed by atoms with E-state index in [9.17, 15) is 4.79 Å². The lowest BCUT2D eigenvalue weighted by atomic mass is 10.2. The van der Waals surface area contributed by atoms with Crippen molar-refractivity contribution in [1.82, 2.24) is 19.7 Å². The van der Waals surface area contributed by atoms with E-state index in [1.54, 1.807) is 22.6 Å². The number of thiazole rings is 1. The van der Waals surface area contributed by atoms with E-state index < -0.39 is 0 Å². The molecule has 0 atom stereocenters. The van der Waals surface area contributed by atoms with Crippen LogP contribution in [0, 0.1) is 6.92 Å². The van der Waals surface area contributed by atoms with E-state index in [1.807, 2.05) is 6.92 Å². The Balaban J connectivity index is 2.28. The smallest absolute Gasteiger partial charge is 0.335 e. The molecule has 0 bridgehead atoms. The normalized spacial score (nSPS) is 11.6. The van der Waals surface area contributed by atoms with Crippen LogP contribution in [0.1, 0.15) is 10.6 Å². The molecule has 18 heavy (non-hydrogen) atoms. The Hall–Kier alpha value is -2.02. The van der Waals surface area contributed by atoms with Crippen LogP contribution in [0.3, 0.4) is 0 Å². The van der Waals surface area contributed by atoms with Crippen LogP contribution in [0.15, 0.2) is 23.7 Å². The molecule has 0 aliphatic rings. The largest absolute Gasteiger partial charge is 0.466 e. The zero-order valence-electron chi connectivity index (χ0n) is 10.0. The summed E-state index contributed by atoms with van der Waals surface area (Å²) >= 11 is 1.48. The molecule has 2 aromatic heterocycles. The highest BCUT2D eigenvalue weighted by Crippen LogP contribution is 2.17. The second-order valence-corrected chi connectivity index (χ2v) is 4.44. The van der Waals surface area contributed by atoms with E-state index in [0.29, 0.717) is 12.1 Å². The van der Waals surface area contributed by atoms with Gasteiger partial charge in [0.1, 0.15) is 12.7 Å². The van der Waals surface area contributed by atoms with E-state index in [4.69, 9.17) is 4.74 Å². The second kappa shape index (κ2) is 5.54. The number of methoxy groups -OCH3 is 1. The number of hydrogen-bond donors (Lipinski definition) is 0. The molecule has 0 N–H and O–H groups in total. The standard InChI is InChI=1S/C11H12N4O2S/c1-8-10(18-7-13-8)3-9(11(16)17-2)4-15-6-12-5-14-15/h3,5-7H,4H2,1-2H3/b9-3+. The Morgan fingerprint density at radius 3 is 3.00 bits per heavy atom. The molecule has 2 rings (SSSR count). The van der Waals surface area contributed by atoms with Crippen LogP contribution in [0.4, 0.5) is 0 Å². The number of carbonyl (C=O) groups is 1. The first kappa shape index (κ1) is 12.4. The van der Waals surface area contributed by atoms with Crippen LogP contribution in [0.2, 0.25) is 0 Å². The Morgan fingerprint density at radius 2 is 2.44 bits per heavy atom. The van der Waals surface area contributed by atoms with Crippen molar-refractivity contribution in [3.8, 4) is 0 Å². The highest BCUT2D eigenvalue weighted by Gasteiger charge is 2.12. The minimum atomic E-state index is -0.377. The van der Waals surface area contributed by atoms with E-state index in [2.05, 4.69) is 15.1 Å². The van der Waals surface area contributed by atoms with Crippen molar-refractivity contribution in [3.05, 3.63) is 34.3 Å². The zero-order valence-corrected chi connectivity index (χ0v) is 10.8. The summed E-state index contributed by atoms with van der Waals surface area (Å²) in [6, 6.07) is 0. The lowest BCUT2D eigenvalue weighted by Gasteiger charge is -2.05. The monoisotopic (exact) mass is 264 g/mol. The summed E-state index contributed by atoms with van der Waals surface area (Å²) in [6.45, 7) is 2.22.